The second-order valence-corrected chi connectivity index (χ2v) is 8.82. The van der Waals surface area contributed by atoms with Crippen LogP contribution in [0.15, 0.2) is 59.8 Å². The Labute approximate surface area is 210 Å². The first-order chi connectivity index (χ1) is 17.0. The highest BCUT2D eigenvalue weighted by molar-refractivity contribution is 6.30. The standard InChI is InChI=1S/C26H31ClN4O4/c1-3-34-21-11-5-18(6-12-21)24-23(25(32)35-4-2)22(28-26(33)29-24)17-30-13-15-31(16-14-30)20-9-7-19(27)8-10-20/h5-12,24H,3-4,13-17H2,1-2H3,(H2,28,29,33)/t24-/m1/s1. The molecule has 4 rings (SSSR count). The minimum atomic E-state index is -0.608. The fourth-order valence-electron chi connectivity index (χ4n) is 4.41. The van der Waals surface area contributed by atoms with Gasteiger partial charge in [-0.25, -0.2) is 9.59 Å². The van der Waals surface area contributed by atoms with Crippen molar-refractivity contribution < 1.29 is 19.1 Å². The number of piperazine rings is 1. The van der Waals surface area contributed by atoms with E-state index in [9.17, 15) is 9.59 Å². The molecule has 0 spiro atoms. The molecule has 8 nitrogen and oxygen atoms in total. The third-order valence-corrected chi connectivity index (χ3v) is 6.37. The number of amides is 2. The van der Waals surface area contributed by atoms with Gasteiger partial charge in [0.2, 0.25) is 0 Å². The molecule has 1 atom stereocenters. The van der Waals surface area contributed by atoms with Gasteiger partial charge in [0.15, 0.2) is 0 Å². The number of benzene rings is 2. The lowest BCUT2D eigenvalue weighted by Crippen LogP contribution is -2.51. The van der Waals surface area contributed by atoms with Gasteiger partial charge in [0.25, 0.3) is 0 Å². The summed E-state index contributed by atoms with van der Waals surface area (Å²) in [6, 6.07) is 14.3. The van der Waals surface area contributed by atoms with Gasteiger partial charge < -0.3 is 25.0 Å². The Morgan fingerprint density at radius 3 is 2.31 bits per heavy atom. The molecule has 0 unspecified atom stereocenters. The number of nitrogens with one attached hydrogen (secondary N) is 2. The number of nitrogens with zero attached hydrogens (tertiary/aromatic N) is 2. The van der Waals surface area contributed by atoms with E-state index in [0.717, 1.165) is 48.2 Å². The molecule has 1 saturated heterocycles. The molecule has 35 heavy (non-hydrogen) atoms. The minimum absolute atomic E-state index is 0.249. The topological polar surface area (TPSA) is 83.1 Å². The van der Waals surface area contributed by atoms with Gasteiger partial charge in [-0.2, -0.15) is 0 Å². The lowest BCUT2D eigenvalue weighted by Gasteiger charge is -2.38. The molecule has 2 N–H and O–H groups in total. The van der Waals surface area contributed by atoms with Crippen molar-refractivity contribution in [1.82, 2.24) is 15.5 Å². The van der Waals surface area contributed by atoms with Gasteiger partial charge in [-0.1, -0.05) is 23.7 Å². The molecule has 0 bridgehead atoms. The quantitative estimate of drug-likeness (QED) is 0.540. The maximum absolute atomic E-state index is 13.0. The van der Waals surface area contributed by atoms with Crippen LogP contribution in [0.2, 0.25) is 5.02 Å². The summed E-state index contributed by atoms with van der Waals surface area (Å²) in [5.74, 6) is 0.297. The molecule has 2 heterocycles. The monoisotopic (exact) mass is 498 g/mol. The van der Waals surface area contributed by atoms with E-state index in [-0.39, 0.29) is 12.6 Å². The van der Waals surface area contributed by atoms with Gasteiger partial charge in [-0.05, 0) is 55.8 Å². The van der Waals surface area contributed by atoms with E-state index in [1.54, 1.807) is 6.92 Å². The van der Waals surface area contributed by atoms with Crippen molar-refractivity contribution in [3.8, 4) is 5.75 Å². The summed E-state index contributed by atoms with van der Waals surface area (Å²) < 4.78 is 10.9. The highest BCUT2D eigenvalue weighted by Gasteiger charge is 2.34. The second kappa shape index (κ2) is 11.5. The molecular formula is C26H31ClN4O4. The molecule has 186 valence electrons. The number of hydrogen-bond donors (Lipinski definition) is 2. The number of carbonyl (C=O) groups is 2. The van der Waals surface area contributed by atoms with Crippen molar-refractivity contribution in [3.63, 3.8) is 0 Å². The minimum Gasteiger partial charge on any atom is -0.494 e. The van der Waals surface area contributed by atoms with E-state index in [4.69, 9.17) is 21.1 Å². The average Bonchev–Trinajstić information content (AvgIpc) is 2.85. The summed E-state index contributed by atoms with van der Waals surface area (Å²) in [6.07, 6.45) is 0. The number of rotatable bonds is 8. The first-order valence-corrected chi connectivity index (χ1v) is 12.3. The van der Waals surface area contributed by atoms with Gasteiger partial charge >= 0.3 is 12.0 Å². The van der Waals surface area contributed by atoms with E-state index >= 15 is 0 Å². The molecule has 0 saturated carbocycles. The molecule has 2 aromatic rings. The summed E-state index contributed by atoms with van der Waals surface area (Å²) in [5.41, 5.74) is 2.92. The van der Waals surface area contributed by atoms with Gasteiger partial charge in [-0.3, -0.25) is 4.90 Å². The van der Waals surface area contributed by atoms with E-state index in [0.29, 0.717) is 24.4 Å². The maximum Gasteiger partial charge on any atom is 0.338 e. The number of carbonyl (C=O) groups excluding carboxylic acids is 2. The SMILES string of the molecule is CCOC(=O)C1=C(CN2CCN(c3ccc(Cl)cc3)CC2)NC(=O)N[C@@H]1c1ccc(OCC)cc1. The van der Waals surface area contributed by atoms with Gasteiger partial charge in [-0.15, -0.1) is 0 Å². The van der Waals surface area contributed by atoms with Crippen LogP contribution in [-0.4, -0.2) is 62.8 Å². The zero-order valence-corrected chi connectivity index (χ0v) is 20.8. The van der Waals surface area contributed by atoms with E-state index in [1.165, 1.54) is 0 Å². The van der Waals surface area contributed by atoms with Crippen LogP contribution in [0.1, 0.15) is 25.5 Å². The average molecular weight is 499 g/mol. The molecule has 2 aromatic carbocycles. The van der Waals surface area contributed by atoms with E-state index in [1.807, 2.05) is 55.5 Å². The Hall–Kier alpha value is -3.23. The first-order valence-electron chi connectivity index (χ1n) is 11.9. The fourth-order valence-corrected chi connectivity index (χ4v) is 4.53. The van der Waals surface area contributed by atoms with Crippen LogP contribution >= 0.6 is 11.6 Å². The molecule has 2 amide bonds. The number of esters is 1. The smallest absolute Gasteiger partial charge is 0.338 e. The van der Waals surface area contributed by atoms with Crippen molar-refractivity contribution >= 4 is 29.3 Å². The van der Waals surface area contributed by atoms with Crippen LogP contribution in [0.4, 0.5) is 10.5 Å². The molecular weight excluding hydrogens is 468 g/mol. The summed E-state index contributed by atoms with van der Waals surface area (Å²) >= 11 is 6.02. The van der Waals surface area contributed by atoms with Crippen LogP contribution in [0.25, 0.3) is 0 Å². The third-order valence-electron chi connectivity index (χ3n) is 6.12. The van der Waals surface area contributed by atoms with Gasteiger partial charge in [0.1, 0.15) is 5.75 Å². The predicted molar refractivity (Wildman–Crippen MR) is 136 cm³/mol. The molecule has 2 aliphatic rings. The lowest BCUT2D eigenvalue weighted by atomic mass is 9.94. The molecule has 9 heteroatoms. The Kier molecular flexibility index (Phi) is 8.15. The Balaban J connectivity index is 1.54. The highest BCUT2D eigenvalue weighted by atomic mass is 35.5. The van der Waals surface area contributed by atoms with Crippen LogP contribution < -0.4 is 20.3 Å². The van der Waals surface area contributed by atoms with Crippen LogP contribution in [0, 0.1) is 0 Å². The molecule has 2 aliphatic heterocycles. The Morgan fingerprint density at radius 1 is 1.00 bits per heavy atom. The predicted octanol–water partition coefficient (Wildman–Crippen LogP) is 3.73. The zero-order valence-electron chi connectivity index (χ0n) is 20.1. The summed E-state index contributed by atoms with van der Waals surface area (Å²) in [6.45, 7) is 8.20. The lowest BCUT2D eigenvalue weighted by molar-refractivity contribution is -0.139. The maximum atomic E-state index is 13.0. The Morgan fingerprint density at radius 2 is 1.69 bits per heavy atom. The van der Waals surface area contributed by atoms with Crippen LogP contribution in [-0.2, 0) is 9.53 Å². The largest absolute Gasteiger partial charge is 0.494 e. The molecule has 0 radical (unpaired) electrons. The van der Waals surface area contributed by atoms with Crippen LogP contribution in [0.5, 0.6) is 5.75 Å². The number of anilines is 1. The molecule has 1 fully saturated rings. The first kappa shape index (κ1) is 24.9. The number of hydrogen-bond acceptors (Lipinski definition) is 6. The number of ether oxygens (including phenoxy) is 2. The highest BCUT2D eigenvalue weighted by Crippen LogP contribution is 2.30. The third kappa shape index (κ3) is 6.07. The molecule has 0 aliphatic carbocycles. The zero-order chi connectivity index (χ0) is 24.8. The van der Waals surface area contributed by atoms with Crippen LogP contribution in [0.3, 0.4) is 0 Å². The molecule has 0 aromatic heterocycles. The van der Waals surface area contributed by atoms with Crippen molar-refractivity contribution in [1.29, 1.82) is 0 Å². The van der Waals surface area contributed by atoms with E-state index in [2.05, 4.69) is 20.4 Å². The summed E-state index contributed by atoms with van der Waals surface area (Å²) in [5, 5.41) is 6.47. The summed E-state index contributed by atoms with van der Waals surface area (Å²) in [4.78, 5) is 30.2. The van der Waals surface area contributed by atoms with Crippen molar-refractivity contribution in [3.05, 3.63) is 70.4 Å². The normalized spacial score (nSPS) is 18.7. The fraction of sp³-hybridized carbons (Fsp3) is 0.385. The summed E-state index contributed by atoms with van der Waals surface area (Å²) in [7, 11) is 0. The second-order valence-electron chi connectivity index (χ2n) is 8.39. The van der Waals surface area contributed by atoms with Gasteiger partial charge in [0, 0.05) is 49.1 Å². The Bertz CT molecular complexity index is 1060. The number of urea groups is 1. The van der Waals surface area contributed by atoms with Gasteiger partial charge in [0.05, 0.1) is 24.8 Å². The van der Waals surface area contributed by atoms with Crippen molar-refractivity contribution in [2.75, 3.05) is 50.8 Å². The van der Waals surface area contributed by atoms with E-state index < -0.39 is 12.0 Å². The van der Waals surface area contributed by atoms with Crippen molar-refractivity contribution in [2.45, 2.75) is 19.9 Å². The van der Waals surface area contributed by atoms with Crippen molar-refractivity contribution in [2.24, 2.45) is 0 Å². The number of halogens is 1.